The van der Waals surface area contributed by atoms with Gasteiger partial charge < -0.3 is 15.3 Å². The summed E-state index contributed by atoms with van der Waals surface area (Å²) in [6.45, 7) is 3.68. The number of carboxylic acid groups (broad SMARTS) is 1. The van der Waals surface area contributed by atoms with E-state index in [0.717, 1.165) is 17.9 Å². The van der Waals surface area contributed by atoms with Crippen molar-refractivity contribution >= 4 is 17.5 Å². The number of nitrogens with one attached hydrogen (secondary N) is 1. The molecule has 2 N–H and O–H groups in total. The Morgan fingerprint density at radius 3 is 2.56 bits per heavy atom. The quantitative estimate of drug-likeness (QED) is 0.810. The third-order valence-corrected chi connectivity index (χ3v) is 2.99. The van der Waals surface area contributed by atoms with Crippen molar-refractivity contribution in [3.05, 3.63) is 18.3 Å². The van der Waals surface area contributed by atoms with Crippen LogP contribution in [0.2, 0.25) is 0 Å². The van der Waals surface area contributed by atoms with Crippen molar-refractivity contribution in [2.75, 3.05) is 24.3 Å². The van der Waals surface area contributed by atoms with Gasteiger partial charge in [0, 0.05) is 20.1 Å². The minimum atomic E-state index is -0.785. The lowest BCUT2D eigenvalue weighted by Crippen LogP contribution is -2.32. The Hall–Kier alpha value is -1.78. The van der Waals surface area contributed by atoms with Gasteiger partial charge in [-0.05, 0) is 25.5 Å². The van der Waals surface area contributed by atoms with E-state index in [0.29, 0.717) is 0 Å². The van der Waals surface area contributed by atoms with E-state index in [1.165, 1.54) is 0 Å². The summed E-state index contributed by atoms with van der Waals surface area (Å²) in [5, 5.41) is 12.2. The van der Waals surface area contributed by atoms with Gasteiger partial charge in [0.05, 0.1) is 17.8 Å². The van der Waals surface area contributed by atoms with Crippen LogP contribution < -0.4 is 10.2 Å². The van der Waals surface area contributed by atoms with Crippen molar-refractivity contribution in [2.45, 2.75) is 26.3 Å². The molecule has 1 aromatic rings. The van der Waals surface area contributed by atoms with Crippen molar-refractivity contribution < 1.29 is 9.90 Å². The SMILES string of the molecule is CCC(Nc1ccc(N(C)C)nc1)C(C)C(=O)O. The largest absolute Gasteiger partial charge is 0.481 e. The molecule has 2 atom stereocenters. The van der Waals surface area contributed by atoms with Gasteiger partial charge in [0.2, 0.25) is 0 Å². The minimum absolute atomic E-state index is 0.0884. The van der Waals surface area contributed by atoms with E-state index in [9.17, 15) is 4.79 Å². The number of hydrogen-bond acceptors (Lipinski definition) is 4. The summed E-state index contributed by atoms with van der Waals surface area (Å²) < 4.78 is 0. The first-order valence-corrected chi connectivity index (χ1v) is 6.08. The van der Waals surface area contributed by atoms with Crippen LogP contribution in [0, 0.1) is 5.92 Å². The lowest BCUT2D eigenvalue weighted by molar-refractivity contribution is -0.141. The molecule has 0 aromatic carbocycles. The Balaban J connectivity index is 2.73. The number of hydrogen-bond donors (Lipinski definition) is 2. The number of anilines is 2. The van der Waals surface area contributed by atoms with Gasteiger partial charge in [-0.3, -0.25) is 4.79 Å². The number of aliphatic carboxylic acids is 1. The molecule has 18 heavy (non-hydrogen) atoms. The Bertz CT molecular complexity index is 390. The van der Waals surface area contributed by atoms with Crippen LogP contribution >= 0.6 is 0 Å². The summed E-state index contributed by atoms with van der Waals surface area (Å²) >= 11 is 0. The molecule has 1 aromatic heterocycles. The number of aromatic nitrogens is 1. The second-order valence-corrected chi connectivity index (χ2v) is 4.59. The molecule has 0 aliphatic carbocycles. The highest BCUT2D eigenvalue weighted by atomic mass is 16.4. The second-order valence-electron chi connectivity index (χ2n) is 4.59. The molecule has 0 radical (unpaired) electrons. The fourth-order valence-electron chi connectivity index (χ4n) is 1.70. The number of carbonyl (C=O) groups is 1. The molecule has 100 valence electrons. The summed E-state index contributed by atoms with van der Waals surface area (Å²) in [5.41, 5.74) is 0.848. The molecule has 0 saturated carbocycles. The first-order valence-electron chi connectivity index (χ1n) is 6.08. The van der Waals surface area contributed by atoms with E-state index >= 15 is 0 Å². The van der Waals surface area contributed by atoms with Crippen molar-refractivity contribution in [1.29, 1.82) is 0 Å². The van der Waals surface area contributed by atoms with E-state index < -0.39 is 11.9 Å². The van der Waals surface area contributed by atoms with Crippen LogP contribution in [0.1, 0.15) is 20.3 Å². The van der Waals surface area contributed by atoms with Crippen LogP contribution in [0.5, 0.6) is 0 Å². The van der Waals surface area contributed by atoms with E-state index in [1.54, 1.807) is 13.1 Å². The second kappa shape index (κ2) is 6.23. The van der Waals surface area contributed by atoms with Gasteiger partial charge in [-0.25, -0.2) is 4.98 Å². The Morgan fingerprint density at radius 2 is 2.17 bits per heavy atom. The van der Waals surface area contributed by atoms with Gasteiger partial charge in [0.25, 0.3) is 0 Å². The molecule has 5 nitrogen and oxygen atoms in total. The zero-order valence-corrected chi connectivity index (χ0v) is 11.3. The standard InChI is InChI=1S/C13H21N3O2/c1-5-11(9(2)13(17)18)15-10-6-7-12(14-8-10)16(3)4/h6-9,11,15H,5H2,1-4H3,(H,17,18). The maximum atomic E-state index is 11.0. The van der Waals surface area contributed by atoms with E-state index in [2.05, 4.69) is 10.3 Å². The Morgan fingerprint density at radius 1 is 1.50 bits per heavy atom. The third kappa shape index (κ3) is 3.61. The monoisotopic (exact) mass is 251 g/mol. The van der Waals surface area contributed by atoms with Crippen LogP contribution in [-0.2, 0) is 4.79 Å². The summed E-state index contributed by atoms with van der Waals surface area (Å²) in [5.74, 6) is -0.337. The van der Waals surface area contributed by atoms with E-state index in [4.69, 9.17) is 5.11 Å². The summed E-state index contributed by atoms with van der Waals surface area (Å²) in [6, 6.07) is 3.73. The molecule has 0 spiro atoms. The minimum Gasteiger partial charge on any atom is -0.481 e. The fraction of sp³-hybridized carbons (Fsp3) is 0.538. The number of nitrogens with zero attached hydrogens (tertiary/aromatic N) is 2. The van der Waals surface area contributed by atoms with Gasteiger partial charge in [0.15, 0.2) is 0 Å². The van der Waals surface area contributed by atoms with Crippen LogP contribution in [0.25, 0.3) is 0 Å². The molecule has 1 rings (SSSR count). The first-order chi connectivity index (χ1) is 8.45. The predicted octanol–water partition coefficient (Wildman–Crippen LogP) is 2.06. The summed E-state index contributed by atoms with van der Waals surface area (Å²) in [6.07, 6.45) is 2.48. The fourth-order valence-corrected chi connectivity index (χ4v) is 1.70. The van der Waals surface area contributed by atoms with Gasteiger partial charge in [-0.1, -0.05) is 6.92 Å². The topological polar surface area (TPSA) is 65.5 Å². The zero-order chi connectivity index (χ0) is 13.7. The Kier molecular flexibility index (Phi) is 4.95. The van der Waals surface area contributed by atoms with Crippen molar-refractivity contribution in [3.63, 3.8) is 0 Å². The van der Waals surface area contributed by atoms with Gasteiger partial charge in [0.1, 0.15) is 5.82 Å². The first kappa shape index (κ1) is 14.3. The summed E-state index contributed by atoms with van der Waals surface area (Å²) in [7, 11) is 3.85. The highest BCUT2D eigenvalue weighted by Gasteiger charge is 2.21. The van der Waals surface area contributed by atoms with Gasteiger partial charge in [-0.15, -0.1) is 0 Å². The van der Waals surface area contributed by atoms with Crippen LogP contribution in [0.15, 0.2) is 18.3 Å². The third-order valence-electron chi connectivity index (χ3n) is 2.99. The molecule has 0 fully saturated rings. The molecule has 1 heterocycles. The molecule has 2 unspecified atom stereocenters. The molecule has 0 aliphatic heterocycles. The van der Waals surface area contributed by atoms with Crippen LogP contribution in [0.3, 0.4) is 0 Å². The maximum absolute atomic E-state index is 11.0. The van der Waals surface area contributed by atoms with Crippen molar-refractivity contribution in [2.24, 2.45) is 5.92 Å². The molecule has 0 amide bonds. The van der Waals surface area contributed by atoms with E-state index in [-0.39, 0.29) is 6.04 Å². The maximum Gasteiger partial charge on any atom is 0.308 e. The zero-order valence-electron chi connectivity index (χ0n) is 11.3. The van der Waals surface area contributed by atoms with E-state index in [1.807, 2.05) is 38.1 Å². The lowest BCUT2D eigenvalue weighted by atomic mass is 9.99. The van der Waals surface area contributed by atoms with Gasteiger partial charge in [-0.2, -0.15) is 0 Å². The average Bonchev–Trinajstić information content (AvgIpc) is 2.35. The molecular weight excluding hydrogens is 230 g/mol. The lowest BCUT2D eigenvalue weighted by Gasteiger charge is -2.22. The molecule has 5 heteroatoms. The molecule has 0 bridgehead atoms. The Labute approximate surface area is 108 Å². The average molecular weight is 251 g/mol. The molecular formula is C13H21N3O2. The normalized spacial score (nSPS) is 13.8. The summed E-state index contributed by atoms with van der Waals surface area (Å²) in [4.78, 5) is 17.2. The number of carboxylic acids is 1. The smallest absolute Gasteiger partial charge is 0.308 e. The highest BCUT2D eigenvalue weighted by molar-refractivity contribution is 5.71. The van der Waals surface area contributed by atoms with Crippen LogP contribution in [-0.4, -0.2) is 36.2 Å². The highest BCUT2D eigenvalue weighted by Crippen LogP contribution is 2.17. The van der Waals surface area contributed by atoms with Gasteiger partial charge >= 0.3 is 5.97 Å². The van der Waals surface area contributed by atoms with Crippen LogP contribution in [0.4, 0.5) is 11.5 Å². The van der Waals surface area contributed by atoms with Crippen molar-refractivity contribution in [1.82, 2.24) is 4.98 Å². The van der Waals surface area contributed by atoms with Crippen molar-refractivity contribution in [3.8, 4) is 0 Å². The number of rotatable bonds is 6. The number of pyridine rings is 1. The molecule has 0 saturated heterocycles. The molecule has 0 aliphatic rings. The predicted molar refractivity (Wildman–Crippen MR) is 73.1 cm³/mol.